The molecular formula is C24H34N2O2. The van der Waals surface area contributed by atoms with E-state index in [1.54, 1.807) is 0 Å². The molecule has 0 aliphatic rings. The Morgan fingerprint density at radius 1 is 1.07 bits per heavy atom. The van der Waals surface area contributed by atoms with Crippen molar-refractivity contribution in [1.29, 1.82) is 0 Å². The second kappa shape index (κ2) is 12.7. The van der Waals surface area contributed by atoms with Crippen LogP contribution in [0, 0.1) is 12.8 Å². The Bertz CT molecular complexity index is 714. The molecule has 0 bridgehead atoms. The number of anilines is 1. The van der Waals surface area contributed by atoms with Crippen molar-refractivity contribution in [2.24, 2.45) is 5.92 Å². The number of hydrogen-bond acceptors (Lipinski definition) is 3. The zero-order chi connectivity index (χ0) is 20.9. The SMILES string of the molecule is CCCCNC(=O)C(C(C)C)N(C)c1ccccc1.Cc1ccccc1C=O. The zero-order valence-corrected chi connectivity index (χ0v) is 17.8. The van der Waals surface area contributed by atoms with Crippen LogP contribution in [0.15, 0.2) is 54.6 Å². The molecule has 28 heavy (non-hydrogen) atoms. The minimum absolute atomic E-state index is 0.120. The Kier molecular flexibility index (Phi) is 10.6. The van der Waals surface area contributed by atoms with Crippen molar-refractivity contribution in [2.45, 2.75) is 46.6 Å². The molecule has 1 amide bonds. The monoisotopic (exact) mass is 382 g/mol. The van der Waals surface area contributed by atoms with Crippen molar-refractivity contribution in [2.75, 3.05) is 18.5 Å². The lowest BCUT2D eigenvalue weighted by Crippen LogP contribution is -2.48. The number of amides is 1. The Balaban J connectivity index is 0.000000362. The lowest BCUT2D eigenvalue weighted by atomic mass is 10.0. The summed E-state index contributed by atoms with van der Waals surface area (Å²) in [7, 11) is 1.99. The summed E-state index contributed by atoms with van der Waals surface area (Å²) in [6.07, 6.45) is 3.00. The molecule has 1 N–H and O–H groups in total. The van der Waals surface area contributed by atoms with Gasteiger partial charge in [-0.15, -0.1) is 0 Å². The highest BCUT2D eigenvalue weighted by atomic mass is 16.2. The number of hydrogen-bond donors (Lipinski definition) is 1. The third-order valence-electron chi connectivity index (χ3n) is 4.63. The molecule has 0 aliphatic carbocycles. The van der Waals surface area contributed by atoms with Crippen LogP contribution in [0.1, 0.15) is 49.5 Å². The third-order valence-corrected chi connectivity index (χ3v) is 4.63. The average Bonchev–Trinajstić information content (AvgIpc) is 2.69. The molecule has 4 nitrogen and oxygen atoms in total. The number of carbonyl (C=O) groups excluding carboxylic acids is 2. The molecule has 2 aromatic rings. The number of carbonyl (C=O) groups is 2. The normalized spacial score (nSPS) is 11.2. The number of unbranched alkanes of at least 4 members (excludes halogenated alkanes) is 1. The number of rotatable bonds is 8. The van der Waals surface area contributed by atoms with Crippen molar-refractivity contribution in [3.63, 3.8) is 0 Å². The third kappa shape index (κ3) is 7.55. The summed E-state index contributed by atoms with van der Waals surface area (Å²) in [4.78, 5) is 24.6. The summed E-state index contributed by atoms with van der Waals surface area (Å²) in [5, 5.41) is 3.04. The smallest absolute Gasteiger partial charge is 0.242 e. The largest absolute Gasteiger partial charge is 0.362 e. The van der Waals surface area contributed by atoms with Gasteiger partial charge in [0.15, 0.2) is 0 Å². The number of nitrogens with one attached hydrogen (secondary N) is 1. The van der Waals surface area contributed by atoms with E-state index in [2.05, 4.69) is 31.0 Å². The number of benzene rings is 2. The van der Waals surface area contributed by atoms with Gasteiger partial charge in [-0.1, -0.05) is 69.7 Å². The van der Waals surface area contributed by atoms with Gasteiger partial charge in [-0.3, -0.25) is 9.59 Å². The Hall–Kier alpha value is -2.62. The van der Waals surface area contributed by atoms with Crippen LogP contribution in [-0.2, 0) is 4.79 Å². The molecule has 1 unspecified atom stereocenters. The average molecular weight is 383 g/mol. The van der Waals surface area contributed by atoms with Crippen LogP contribution in [0.5, 0.6) is 0 Å². The molecule has 2 rings (SSSR count). The van der Waals surface area contributed by atoms with Crippen molar-refractivity contribution in [1.82, 2.24) is 5.32 Å². The molecule has 0 aliphatic heterocycles. The van der Waals surface area contributed by atoms with E-state index < -0.39 is 0 Å². The van der Waals surface area contributed by atoms with E-state index in [0.717, 1.165) is 42.5 Å². The lowest BCUT2D eigenvalue weighted by molar-refractivity contribution is -0.123. The molecule has 0 heterocycles. The molecule has 0 radical (unpaired) electrons. The van der Waals surface area contributed by atoms with Crippen LogP contribution < -0.4 is 10.2 Å². The molecule has 4 heteroatoms. The highest BCUT2D eigenvalue weighted by Crippen LogP contribution is 2.19. The van der Waals surface area contributed by atoms with E-state index in [0.29, 0.717) is 0 Å². The maximum Gasteiger partial charge on any atom is 0.242 e. The van der Waals surface area contributed by atoms with Crippen LogP contribution in [0.3, 0.4) is 0 Å². The minimum Gasteiger partial charge on any atom is -0.362 e. The molecule has 0 spiro atoms. The summed E-state index contributed by atoms with van der Waals surface area (Å²) < 4.78 is 0. The van der Waals surface area contributed by atoms with Crippen molar-refractivity contribution in [3.8, 4) is 0 Å². The van der Waals surface area contributed by atoms with E-state index in [1.165, 1.54) is 0 Å². The van der Waals surface area contributed by atoms with Gasteiger partial charge in [0.1, 0.15) is 12.3 Å². The van der Waals surface area contributed by atoms with Gasteiger partial charge >= 0.3 is 0 Å². The van der Waals surface area contributed by atoms with E-state index >= 15 is 0 Å². The molecule has 0 saturated heterocycles. The number of aryl methyl sites for hydroxylation is 1. The van der Waals surface area contributed by atoms with E-state index in [9.17, 15) is 9.59 Å². The van der Waals surface area contributed by atoms with Crippen LogP contribution in [0.4, 0.5) is 5.69 Å². The van der Waals surface area contributed by atoms with Crippen LogP contribution >= 0.6 is 0 Å². The first kappa shape index (κ1) is 23.4. The quantitative estimate of drug-likeness (QED) is 0.523. The van der Waals surface area contributed by atoms with Gasteiger partial charge in [-0.25, -0.2) is 0 Å². The minimum atomic E-state index is -0.126. The fourth-order valence-corrected chi connectivity index (χ4v) is 2.96. The fraction of sp³-hybridized carbons (Fsp3) is 0.417. The van der Waals surface area contributed by atoms with E-state index in [4.69, 9.17) is 0 Å². The molecule has 152 valence electrons. The maximum atomic E-state index is 12.3. The highest BCUT2D eigenvalue weighted by molar-refractivity contribution is 5.85. The fourth-order valence-electron chi connectivity index (χ4n) is 2.96. The molecular weight excluding hydrogens is 348 g/mol. The van der Waals surface area contributed by atoms with Gasteiger partial charge in [0, 0.05) is 24.8 Å². The Morgan fingerprint density at radius 2 is 1.68 bits per heavy atom. The van der Waals surface area contributed by atoms with Gasteiger partial charge < -0.3 is 10.2 Å². The molecule has 0 aromatic heterocycles. The van der Waals surface area contributed by atoms with Gasteiger partial charge in [-0.2, -0.15) is 0 Å². The first-order valence-corrected chi connectivity index (χ1v) is 9.98. The standard InChI is InChI=1S/C16H26N2O.C8H8O/c1-5-6-12-17-16(19)15(13(2)3)18(4)14-10-8-7-9-11-14;1-7-4-2-3-5-8(7)6-9/h7-11,13,15H,5-6,12H2,1-4H3,(H,17,19);2-6H,1H3. The Morgan fingerprint density at radius 3 is 2.18 bits per heavy atom. The van der Waals surface area contributed by atoms with Gasteiger partial charge in [0.25, 0.3) is 0 Å². The molecule has 0 fully saturated rings. The highest BCUT2D eigenvalue weighted by Gasteiger charge is 2.26. The number of aldehydes is 1. The first-order valence-electron chi connectivity index (χ1n) is 9.98. The van der Waals surface area contributed by atoms with Crippen LogP contribution in [0.25, 0.3) is 0 Å². The van der Waals surface area contributed by atoms with E-state index in [1.807, 2.05) is 68.6 Å². The number of nitrogens with zero attached hydrogens (tertiary/aromatic N) is 1. The summed E-state index contributed by atoms with van der Waals surface area (Å²) in [6, 6.07) is 17.4. The zero-order valence-electron chi connectivity index (χ0n) is 17.8. The Labute approximate surface area is 170 Å². The number of para-hydroxylation sites is 1. The van der Waals surface area contributed by atoms with E-state index in [-0.39, 0.29) is 17.9 Å². The second-order valence-corrected chi connectivity index (χ2v) is 7.25. The lowest BCUT2D eigenvalue weighted by Gasteiger charge is -2.32. The van der Waals surface area contributed by atoms with Crippen LogP contribution in [-0.4, -0.2) is 31.8 Å². The van der Waals surface area contributed by atoms with Crippen LogP contribution in [0.2, 0.25) is 0 Å². The van der Waals surface area contributed by atoms with Crippen molar-refractivity contribution >= 4 is 17.9 Å². The second-order valence-electron chi connectivity index (χ2n) is 7.25. The van der Waals surface area contributed by atoms with Crippen molar-refractivity contribution in [3.05, 3.63) is 65.7 Å². The van der Waals surface area contributed by atoms with Crippen molar-refractivity contribution < 1.29 is 9.59 Å². The molecule has 1 atom stereocenters. The number of likely N-dealkylation sites (N-methyl/N-ethyl adjacent to an activating group) is 1. The predicted octanol–water partition coefficient (Wildman–Crippen LogP) is 4.87. The summed E-state index contributed by atoms with van der Waals surface area (Å²) in [5.41, 5.74) is 2.89. The molecule has 0 saturated carbocycles. The molecule has 2 aromatic carbocycles. The van der Waals surface area contributed by atoms with Gasteiger partial charge in [0.2, 0.25) is 5.91 Å². The summed E-state index contributed by atoms with van der Waals surface area (Å²) in [6.45, 7) is 8.99. The van der Waals surface area contributed by atoms with Gasteiger partial charge in [0.05, 0.1) is 0 Å². The summed E-state index contributed by atoms with van der Waals surface area (Å²) >= 11 is 0. The van der Waals surface area contributed by atoms with Gasteiger partial charge in [-0.05, 0) is 37.0 Å². The first-order chi connectivity index (χ1) is 13.4. The maximum absolute atomic E-state index is 12.3. The predicted molar refractivity (Wildman–Crippen MR) is 118 cm³/mol. The topological polar surface area (TPSA) is 49.4 Å². The summed E-state index contributed by atoms with van der Waals surface area (Å²) in [5.74, 6) is 0.390.